The van der Waals surface area contributed by atoms with Gasteiger partial charge in [-0.3, -0.25) is 4.90 Å². The fraction of sp³-hybridized carbons (Fsp3) is 0.667. The second kappa shape index (κ2) is 6.80. The van der Waals surface area contributed by atoms with Gasteiger partial charge in [0.25, 0.3) is 0 Å². The minimum Gasteiger partial charge on any atom is -0.368 e. The van der Waals surface area contributed by atoms with Gasteiger partial charge in [-0.15, -0.1) is 0 Å². The Hall–Kier alpha value is -1.06. The molecule has 0 atom stereocenters. The molecule has 0 aromatic heterocycles. The van der Waals surface area contributed by atoms with Crippen LogP contribution in [0.2, 0.25) is 0 Å². The molecule has 1 aromatic rings. The molecule has 2 rings (SSSR count). The number of hydrogen-bond acceptors (Lipinski definition) is 3. The molecule has 21 heavy (non-hydrogen) atoms. The predicted octanol–water partition coefficient (Wildman–Crippen LogP) is 2.96. The van der Waals surface area contributed by atoms with Crippen LogP contribution < -0.4 is 10.2 Å². The topological polar surface area (TPSA) is 18.5 Å². The highest BCUT2D eigenvalue weighted by Crippen LogP contribution is 2.27. The van der Waals surface area contributed by atoms with Crippen molar-refractivity contribution in [3.05, 3.63) is 29.8 Å². The van der Waals surface area contributed by atoms with E-state index in [0.29, 0.717) is 5.92 Å². The van der Waals surface area contributed by atoms with Crippen LogP contribution in [0.1, 0.15) is 33.3 Å². The Kier molecular flexibility index (Phi) is 5.28. The van der Waals surface area contributed by atoms with Gasteiger partial charge in [-0.25, -0.2) is 0 Å². The predicted molar refractivity (Wildman–Crippen MR) is 91.9 cm³/mol. The van der Waals surface area contributed by atoms with Gasteiger partial charge in [-0.05, 0) is 45.0 Å². The Bertz CT molecular complexity index is 454. The van der Waals surface area contributed by atoms with Gasteiger partial charge in [0, 0.05) is 37.4 Å². The molecule has 0 aliphatic carbocycles. The van der Waals surface area contributed by atoms with Crippen LogP contribution in [0.15, 0.2) is 24.3 Å². The molecule has 0 saturated carbocycles. The summed E-state index contributed by atoms with van der Waals surface area (Å²) in [4.78, 5) is 5.01. The number of likely N-dealkylation sites (N-methyl/N-ethyl adjacent to an activating group) is 1. The summed E-state index contributed by atoms with van der Waals surface area (Å²) in [5.74, 6) is 0.694. The molecule has 1 aliphatic rings. The Balaban J connectivity index is 2.09. The van der Waals surface area contributed by atoms with Gasteiger partial charge < -0.3 is 10.2 Å². The number of hydrogen-bond donors (Lipinski definition) is 1. The van der Waals surface area contributed by atoms with E-state index in [2.05, 4.69) is 74.1 Å². The molecule has 0 bridgehead atoms. The molecule has 3 nitrogen and oxygen atoms in total. The first-order chi connectivity index (χ1) is 9.90. The summed E-state index contributed by atoms with van der Waals surface area (Å²) in [5, 5.41) is 3.57. The number of nitrogens with zero attached hydrogens (tertiary/aromatic N) is 2. The zero-order chi connectivity index (χ0) is 15.5. The molecule has 0 radical (unpaired) electrons. The van der Waals surface area contributed by atoms with Crippen LogP contribution >= 0.6 is 0 Å². The summed E-state index contributed by atoms with van der Waals surface area (Å²) >= 11 is 0. The molecule has 0 spiro atoms. The Morgan fingerprint density at radius 1 is 1.19 bits per heavy atom. The molecule has 1 heterocycles. The largest absolute Gasteiger partial charge is 0.368 e. The molecule has 1 aromatic carbocycles. The maximum Gasteiger partial charge on any atom is 0.0412 e. The van der Waals surface area contributed by atoms with E-state index in [1.807, 2.05) is 0 Å². The minimum absolute atomic E-state index is 0.233. The average Bonchev–Trinajstić information content (AvgIpc) is 2.42. The summed E-state index contributed by atoms with van der Waals surface area (Å²) in [6.45, 7) is 14.5. The van der Waals surface area contributed by atoms with Crippen molar-refractivity contribution >= 4 is 5.69 Å². The van der Waals surface area contributed by atoms with Crippen molar-refractivity contribution < 1.29 is 0 Å². The second-order valence-corrected chi connectivity index (χ2v) is 7.31. The summed E-state index contributed by atoms with van der Waals surface area (Å²) < 4.78 is 0. The molecule has 0 unspecified atom stereocenters. The molecule has 1 N–H and O–H groups in total. The van der Waals surface area contributed by atoms with E-state index in [1.165, 1.54) is 11.3 Å². The molecular formula is C18H31N3. The Morgan fingerprint density at radius 2 is 1.90 bits per heavy atom. The van der Waals surface area contributed by atoms with Gasteiger partial charge in [-0.1, -0.05) is 32.0 Å². The highest BCUT2D eigenvalue weighted by atomic mass is 15.3. The van der Waals surface area contributed by atoms with Crippen molar-refractivity contribution in [3.63, 3.8) is 0 Å². The fourth-order valence-corrected chi connectivity index (χ4v) is 2.91. The summed E-state index contributed by atoms with van der Waals surface area (Å²) in [6.07, 6.45) is 0. The molecule has 1 saturated heterocycles. The third-order valence-electron chi connectivity index (χ3n) is 4.52. The van der Waals surface area contributed by atoms with Crippen molar-refractivity contribution in [2.45, 2.75) is 39.8 Å². The first-order valence-corrected chi connectivity index (χ1v) is 8.15. The van der Waals surface area contributed by atoms with E-state index < -0.39 is 0 Å². The lowest BCUT2D eigenvalue weighted by molar-refractivity contribution is 0.139. The normalized spacial score (nSPS) is 19.2. The highest BCUT2D eigenvalue weighted by Gasteiger charge is 2.31. The number of piperazine rings is 1. The number of rotatable bonds is 5. The van der Waals surface area contributed by atoms with Crippen molar-refractivity contribution in [3.8, 4) is 0 Å². The van der Waals surface area contributed by atoms with Crippen LogP contribution in [-0.2, 0) is 6.54 Å². The van der Waals surface area contributed by atoms with Crippen molar-refractivity contribution in [1.29, 1.82) is 0 Å². The number of benzene rings is 1. The zero-order valence-electron chi connectivity index (χ0n) is 14.3. The van der Waals surface area contributed by atoms with Gasteiger partial charge in [-0.2, -0.15) is 0 Å². The van der Waals surface area contributed by atoms with Crippen molar-refractivity contribution in [1.82, 2.24) is 10.2 Å². The van der Waals surface area contributed by atoms with E-state index in [4.69, 9.17) is 0 Å². The quantitative estimate of drug-likeness (QED) is 0.899. The smallest absolute Gasteiger partial charge is 0.0412 e. The van der Waals surface area contributed by atoms with Gasteiger partial charge in [0.1, 0.15) is 0 Å². The maximum absolute atomic E-state index is 3.57. The van der Waals surface area contributed by atoms with Crippen molar-refractivity contribution in [2.75, 3.05) is 38.1 Å². The van der Waals surface area contributed by atoms with Gasteiger partial charge in [0.15, 0.2) is 0 Å². The lowest BCUT2D eigenvalue weighted by atomic mass is 9.98. The third-order valence-corrected chi connectivity index (χ3v) is 4.52. The minimum atomic E-state index is 0.233. The SMILES string of the molecule is CC(C)CNCc1ccccc1N1CCN(C)C(C)(C)C1. The van der Waals surface area contributed by atoms with Crippen LogP contribution in [0.3, 0.4) is 0 Å². The van der Waals surface area contributed by atoms with Crippen LogP contribution in [0.25, 0.3) is 0 Å². The van der Waals surface area contributed by atoms with Gasteiger partial charge in [0.05, 0.1) is 0 Å². The molecule has 118 valence electrons. The van der Waals surface area contributed by atoms with E-state index in [9.17, 15) is 0 Å². The van der Waals surface area contributed by atoms with E-state index in [0.717, 1.165) is 32.7 Å². The lowest BCUT2D eigenvalue weighted by Gasteiger charge is -2.46. The van der Waals surface area contributed by atoms with E-state index in [1.54, 1.807) is 0 Å². The maximum atomic E-state index is 3.57. The van der Waals surface area contributed by atoms with Crippen LogP contribution in [0, 0.1) is 5.92 Å². The second-order valence-electron chi connectivity index (χ2n) is 7.31. The molecule has 3 heteroatoms. The Labute approximate surface area is 130 Å². The van der Waals surface area contributed by atoms with Crippen LogP contribution in [0.4, 0.5) is 5.69 Å². The monoisotopic (exact) mass is 289 g/mol. The van der Waals surface area contributed by atoms with Crippen molar-refractivity contribution in [2.24, 2.45) is 5.92 Å². The highest BCUT2D eigenvalue weighted by molar-refractivity contribution is 5.54. The first-order valence-electron chi connectivity index (χ1n) is 8.15. The van der Waals surface area contributed by atoms with Crippen LogP contribution in [0.5, 0.6) is 0 Å². The molecule has 1 aliphatic heterocycles. The number of para-hydroxylation sites is 1. The fourth-order valence-electron chi connectivity index (χ4n) is 2.91. The van der Waals surface area contributed by atoms with E-state index >= 15 is 0 Å². The molecule has 0 amide bonds. The summed E-state index contributed by atoms with van der Waals surface area (Å²) in [7, 11) is 2.23. The Morgan fingerprint density at radius 3 is 2.57 bits per heavy atom. The summed E-state index contributed by atoms with van der Waals surface area (Å²) in [5.41, 5.74) is 3.05. The third kappa shape index (κ3) is 4.21. The van der Waals surface area contributed by atoms with Gasteiger partial charge in [0.2, 0.25) is 0 Å². The summed E-state index contributed by atoms with van der Waals surface area (Å²) in [6, 6.07) is 8.84. The zero-order valence-corrected chi connectivity index (χ0v) is 14.3. The van der Waals surface area contributed by atoms with Gasteiger partial charge >= 0.3 is 0 Å². The van der Waals surface area contributed by atoms with Crippen LogP contribution in [-0.4, -0.2) is 43.7 Å². The average molecular weight is 289 g/mol. The standard InChI is InChI=1S/C18H31N3/c1-15(2)12-19-13-16-8-6-7-9-17(16)21-11-10-20(5)18(3,4)14-21/h6-9,15,19H,10-14H2,1-5H3. The van der Waals surface area contributed by atoms with E-state index in [-0.39, 0.29) is 5.54 Å². The first kappa shape index (κ1) is 16.3. The molecule has 1 fully saturated rings. The lowest BCUT2D eigenvalue weighted by Crippen LogP contribution is -2.57. The molecular weight excluding hydrogens is 258 g/mol. The number of anilines is 1. The number of nitrogens with one attached hydrogen (secondary N) is 1.